The van der Waals surface area contributed by atoms with Crippen LogP contribution in [-0.2, 0) is 0 Å². The molecule has 0 fully saturated rings. The smallest absolute Gasteiger partial charge is 0.128 e. The van der Waals surface area contributed by atoms with E-state index in [1.165, 1.54) is 5.56 Å². The van der Waals surface area contributed by atoms with Crippen molar-refractivity contribution in [2.75, 3.05) is 11.9 Å². The van der Waals surface area contributed by atoms with E-state index in [9.17, 15) is 5.11 Å². The van der Waals surface area contributed by atoms with Gasteiger partial charge in [0.1, 0.15) is 5.82 Å². The van der Waals surface area contributed by atoms with Gasteiger partial charge < -0.3 is 10.0 Å². The molecule has 0 spiro atoms. The van der Waals surface area contributed by atoms with Crippen LogP contribution in [0.2, 0.25) is 5.02 Å². The van der Waals surface area contributed by atoms with Gasteiger partial charge in [-0.05, 0) is 43.2 Å². The monoisotopic (exact) mass is 290 g/mol. The van der Waals surface area contributed by atoms with Crippen LogP contribution in [0.15, 0.2) is 42.6 Å². The lowest BCUT2D eigenvalue weighted by molar-refractivity contribution is 0.199. The minimum absolute atomic E-state index is 0.192. The van der Waals surface area contributed by atoms with E-state index in [0.29, 0.717) is 0 Å². The average Bonchev–Trinajstić information content (AvgIpc) is 2.46. The third-order valence-electron chi connectivity index (χ3n) is 3.55. The normalized spacial score (nSPS) is 13.8. The van der Waals surface area contributed by atoms with Crippen LogP contribution in [0.4, 0.5) is 5.82 Å². The van der Waals surface area contributed by atoms with E-state index >= 15 is 0 Å². The Morgan fingerprint density at radius 2 is 1.65 bits per heavy atom. The largest absolute Gasteiger partial charge is 0.389 e. The lowest BCUT2D eigenvalue weighted by Gasteiger charge is -2.26. The molecule has 1 aromatic heterocycles. The highest BCUT2D eigenvalue weighted by Crippen LogP contribution is 2.25. The molecule has 0 radical (unpaired) electrons. The van der Waals surface area contributed by atoms with Crippen LogP contribution in [0, 0.1) is 0 Å². The number of anilines is 1. The van der Waals surface area contributed by atoms with Crippen LogP contribution in [0.1, 0.15) is 37.1 Å². The Hall–Kier alpha value is -1.58. The lowest BCUT2D eigenvalue weighted by atomic mass is 10.1. The molecule has 0 aliphatic heterocycles. The summed E-state index contributed by atoms with van der Waals surface area (Å²) in [5.41, 5.74) is 2.00. The number of halogens is 1. The van der Waals surface area contributed by atoms with Gasteiger partial charge in [0.25, 0.3) is 0 Å². The van der Waals surface area contributed by atoms with E-state index in [0.717, 1.165) is 16.4 Å². The molecule has 0 bridgehead atoms. The minimum atomic E-state index is -0.490. The number of benzene rings is 1. The zero-order chi connectivity index (χ0) is 14.7. The predicted octanol–water partition coefficient (Wildman–Crippen LogP) is 3.99. The molecule has 2 aromatic rings. The maximum absolute atomic E-state index is 9.50. The van der Waals surface area contributed by atoms with Gasteiger partial charge in [-0.25, -0.2) is 4.98 Å². The van der Waals surface area contributed by atoms with E-state index < -0.39 is 6.10 Å². The summed E-state index contributed by atoms with van der Waals surface area (Å²) in [5, 5.41) is 10.2. The SMILES string of the molecule is CC(O)c1ccc(N(C)C(C)c2ccc(Cl)cc2)nc1. The van der Waals surface area contributed by atoms with Crippen LogP contribution in [0.3, 0.4) is 0 Å². The fourth-order valence-electron chi connectivity index (χ4n) is 2.02. The van der Waals surface area contributed by atoms with E-state index in [1.807, 2.05) is 43.4 Å². The van der Waals surface area contributed by atoms with Gasteiger partial charge in [0.2, 0.25) is 0 Å². The molecule has 2 rings (SSSR count). The molecule has 4 heteroatoms. The summed E-state index contributed by atoms with van der Waals surface area (Å²) in [7, 11) is 2.00. The number of nitrogens with zero attached hydrogens (tertiary/aromatic N) is 2. The first-order valence-corrected chi connectivity index (χ1v) is 6.99. The summed E-state index contributed by atoms with van der Waals surface area (Å²) >= 11 is 5.91. The Morgan fingerprint density at radius 3 is 2.15 bits per heavy atom. The topological polar surface area (TPSA) is 36.4 Å². The molecule has 0 aliphatic carbocycles. The van der Waals surface area contributed by atoms with Crippen molar-refractivity contribution in [1.29, 1.82) is 0 Å². The zero-order valence-corrected chi connectivity index (χ0v) is 12.7. The Balaban J connectivity index is 2.17. The maximum Gasteiger partial charge on any atom is 0.128 e. The van der Waals surface area contributed by atoms with Crippen LogP contribution in [0.25, 0.3) is 0 Å². The number of rotatable bonds is 4. The van der Waals surface area contributed by atoms with Crippen molar-refractivity contribution in [3.63, 3.8) is 0 Å². The first kappa shape index (κ1) is 14.8. The third kappa shape index (κ3) is 3.30. The number of aromatic nitrogens is 1. The van der Waals surface area contributed by atoms with Crippen molar-refractivity contribution in [2.45, 2.75) is 26.0 Å². The fraction of sp³-hybridized carbons (Fsp3) is 0.312. The Morgan fingerprint density at radius 1 is 1.05 bits per heavy atom. The second-order valence-electron chi connectivity index (χ2n) is 4.96. The summed E-state index contributed by atoms with van der Waals surface area (Å²) in [6.07, 6.45) is 1.22. The van der Waals surface area contributed by atoms with E-state index in [2.05, 4.69) is 16.8 Å². The Bertz CT molecular complexity index is 552. The molecule has 1 heterocycles. The number of hydrogen-bond donors (Lipinski definition) is 1. The van der Waals surface area contributed by atoms with Gasteiger partial charge in [-0.15, -0.1) is 0 Å². The Labute approximate surface area is 124 Å². The highest BCUT2D eigenvalue weighted by atomic mass is 35.5. The molecular formula is C16H19ClN2O. The Kier molecular flexibility index (Phi) is 4.63. The molecule has 0 aliphatic rings. The van der Waals surface area contributed by atoms with E-state index in [1.54, 1.807) is 13.1 Å². The van der Waals surface area contributed by atoms with E-state index in [4.69, 9.17) is 11.6 Å². The van der Waals surface area contributed by atoms with Crippen molar-refractivity contribution < 1.29 is 5.11 Å². The molecule has 3 nitrogen and oxygen atoms in total. The molecule has 2 unspecified atom stereocenters. The van der Waals surface area contributed by atoms with Crippen molar-refractivity contribution in [3.05, 3.63) is 58.7 Å². The van der Waals surface area contributed by atoms with Crippen LogP contribution < -0.4 is 4.90 Å². The first-order chi connectivity index (χ1) is 9.49. The van der Waals surface area contributed by atoms with Crippen molar-refractivity contribution >= 4 is 17.4 Å². The van der Waals surface area contributed by atoms with Gasteiger partial charge in [-0.1, -0.05) is 29.8 Å². The predicted molar refractivity (Wildman–Crippen MR) is 83.1 cm³/mol. The summed E-state index contributed by atoms with van der Waals surface area (Å²) in [4.78, 5) is 6.50. The van der Waals surface area contributed by atoms with Gasteiger partial charge in [-0.2, -0.15) is 0 Å². The molecule has 0 saturated heterocycles. The molecule has 0 saturated carbocycles. The first-order valence-electron chi connectivity index (χ1n) is 6.61. The summed E-state index contributed by atoms with van der Waals surface area (Å²) < 4.78 is 0. The summed E-state index contributed by atoms with van der Waals surface area (Å²) in [6.45, 7) is 3.85. The quantitative estimate of drug-likeness (QED) is 0.925. The molecule has 1 aromatic carbocycles. The van der Waals surface area contributed by atoms with Gasteiger partial charge in [0, 0.05) is 18.3 Å². The molecule has 106 valence electrons. The standard InChI is InChI=1S/C16H19ClN2O/c1-11(13-4-7-15(17)8-5-13)19(3)16-9-6-14(10-18-16)12(2)20/h4-12,20H,1-3H3. The molecule has 1 N–H and O–H groups in total. The summed E-state index contributed by atoms with van der Waals surface area (Å²) in [5.74, 6) is 0.872. The van der Waals surface area contributed by atoms with Gasteiger partial charge in [0.15, 0.2) is 0 Å². The molecular weight excluding hydrogens is 272 g/mol. The second-order valence-corrected chi connectivity index (χ2v) is 5.40. The van der Waals surface area contributed by atoms with Crippen LogP contribution in [-0.4, -0.2) is 17.1 Å². The second kappa shape index (κ2) is 6.25. The number of hydrogen-bond acceptors (Lipinski definition) is 3. The number of aliphatic hydroxyl groups is 1. The molecule has 2 atom stereocenters. The summed E-state index contributed by atoms with van der Waals surface area (Å²) in [6, 6.07) is 11.8. The van der Waals surface area contributed by atoms with Crippen molar-refractivity contribution in [1.82, 2.24) is 4.98 Å². The minimum Gasteiger partial charge on any atom is -0.389 e. The highest BCUT2D eigenvalue weighted by Gasteiger charge is 2.13. The van der Waals surface area contributed by atoms with Crippen LogP contribution >= 0.6 is 11.6 Å². The zero-order valence-electron chi connectivity index (χ0n) is 11.9. The molecule has 20 heavy (non-hydrogen) atoms. The van der Waals surface area contributed by atoms with Gasteiger partial charge in [-0.3, -0.25) is 0 Å². The maximum atomic E-state index is 9.50. The molecule has 0 amide bonds. The lowest BCUT2D eigenvalue weighted by Crippen LogP contribution is -2.22. The number of aliphatic hydroxyl groups excluding tert-OH is 1. The third-order valence-corrected chi connectivity index (χ3v) is 3.80. The highest BCUT2D eigenvalue weighted by molar-refractivity contribution is 6.30. The van der Waals surface area contributed by atoms with Crippen molar-refractivity contribution in [2.24, 2.45) is 0 Å². The number of pyridine rings is 1. The van der Waals surface area contributed by atoms with Crippen molar-refractivity contribution in [3.8, 4) is 0 Å². The van der Waals surface area contributed by atoms with Gasteiger partial charge in [0.05, 0.1) is 12.1 Å². The van der Waals surface area contributed by atoms with Crippen LogP contribution in [0.5, 0.6) is 0 Å². The fourth-order valence-corrected chi connectivity index (χ4v) is 2.14. The van der Waals surface area contributed by atoms with E-state index in [-0.39, 0.29) is 6.04 Å². The van der Waals surface area contributed by atoms with Gasteiger partial charge >= 0.3 is 0 Å². The average molecular weight is 291 g/mol.